The largest absolute Gasteiger partial charge is 0.368 e. The number of allylic oxidation sites excluding steroid dienone is 1. The fourth-order valence-corrected chi connectivity index (χ4v) is 1.47. The topological polar surface area (TPSA) is 29.5 Å². The maximum Gasteiger partial charge on any atom is 0.152 e. The first-order valence-corrected chi connectivity index (χ1v) is 4.16. The zero-order chi connectivity index (χ0) is 8.32. The molecule has 1 aliphatic carbocycles. The maximum absolute atomic E-state index is 9.01. The summed E-state index contributed by atoms with van der Waals surface area (Å²) >= 11 is 0. The number of aliphatic hydroxyl groups is 1. The highest BCUT2D eigenvalue weighted by Crippen LogP contribution is 2.26. The molecular formula is C9H16O2. The number of hydrogen-bond acceptors (Lipinski definition) is 2. The van der Waals surface area contributed by atoms with E-state index in [4.69, 9.17) is 9.84 Å². The molecule has 11 heavy (non-hydrogen) atoms. The molecular weight excluding hydrogens is 140 g/mol. The third kappa shape index (κ3) is 2.64. The average molecular weight is 156 g/mol. The zero-order valence-electron chi connectivity index (χ0n) is 7.21. The van der Waals surface area contributed by atoms with E-state index in [0.29, 0.717) is 0 Å². The first-order valence-electron chi connectivity index (χ1n) is 4.16. The molecule has 0 heterocycles. The second-order valence-corrected chi connectivity index (χ2v) is 3.32. The monoisotopic (exact) mass is 156 g/mol. The van der Waals surface area contributed by atoms with E-state index >= 15 is 0 Å². The van der Waals surface area contributed by atoms with E-state index in [-0.39, 0.29) is 5.60 Å². The summed E-state index contributed by atoms with van der Waals surface area (Å²) in [6.45, 7) is 3.66. The van der Waals surface area contributed by atoms with Crippen molar-refractivity contribution in [3.8, 4) is 0 Å². The molecule has 2 heteroatoms. The van der Waals surface area contributed by atoms with Crippen LogP contribution in [0.4, 0.5) is 0 Å². The Morgan fingerprint density at radius 2 is 2.36 bits per heavy atom. The molecule has 0 aromatic heterocycles. The van der Waals surface area contributed by atoms with Gasteiger partial charge in [-0.2, -0.15) is 0 Å². The van der Waals surface area contributed by atoms with Crippen molar-refractivity contribution in [2.45, 2.75) is 45.0 Å². The molecule has 0 bridgehead atoms. The molecule has 0 aliphatic heterocycles. The van der Waals surface area contributed by atoms with Crippen LogP contribution < -0.4 is 0 Å². The lowest BCUT2D eigenvalue weighted by molar-refractivity contribution is -0.153. The summed E-state index contributed by atoms with van der Waals surface area (Å²) in [5.74, 6) is 0. The predicted molar refractivity (Wildman–Crippen MR) is 44.2 cm³/mol. The molecule has 1 rings (SSSR count). The lowest BCUT2D eigenvalue weighted by Crippen LogP contribution is -2.31. The van der Waals surface area contributed by atoms with Crippen LogP contribution in [0.1, 0.15) is 33.1 Å². The Morgan fingerprint density at radius 1 is 1.64 bits per heavy atom. The summed E-state index contributed by atoms with van der Waals surface area (Å²) < 4.78 is 5.35. The minimum absolute atomic E-state index is 0.230. The van der Waals surface area contributed by atoms with E-state index < -0.39 is 6.29 Å². The fourth-order valence-electron chi connectivity index (χ4n) is 1.47. The summed E-state index contributed by atoms with van der Waals surface area (Å²) in [5, 5.41) is 9.01. The number of aliphatic hydroxyl groups excluding tert-OH is 1. The summed E-state index contributed by atoms with van der Waals surface area (Å²) in [4.78, 5) is 0. The zero-order valence-corrected chi connectivity index (χ0v) is 7.21. The van der Waals surface area contributed by atoms with Gasteiger partial charge in [0.25, 0.3) is 0 Å². The van der Waals surface area contributed by atoms with Gasteiger partial charge in [-0.25, -0.2) is 0 Å². The van der Waals surface area contributed by atoms with Gasteiger partial charge in [0.15, 0.2) is 6.29 Å². The van der Waals surface area contributed by atoms with E-state index in [1.54, 1.807) is 6.92 Å². The van der Waals surface area contributed by atoms with Gasteiger partial charge in [0, 0.05) is 0 Å². The molecule has 0 amide bonds. The summed E-state index contributed by atoms with van der Waals surface area (Å²) in [6, 6.07) is 0. The Bertz CT molecular complexity index is 152. The third-order valence-electron chi connectivity index (χ3n) is 1.95. The van der Waals surface area contributed by atoms with Gasteiger partial charge in [0.05, 0.1) is 5.60 Å². The van der Waals surface area contributed by atoms with Crippen LogP contribution in [0.25, 0.3) is 0 Å². The molecule has 0 aromatic carbocycles. The van der Waals surface area contributed by atoms with Crippen molar-refractivity contribution in [2.75, 3.05) is 0 Å². The van der Waals surface area contributed by atoms with Crippen molar-refractivity contribution in [2.24, 2.45) is 0 Å². The molecule has 64 valence electrons. The van der Waals surface area contributed by atoms with E-state index in [0.717, 1.165) is 19.3 Å². The van der Waals surface area contributed by atoms with E-state index in [1.807, 2.05) is 13.0 Å². The predicted octanol–water partition coefficient (Wildman–Crippen LogP) is 1.84. The van der Waals surface area contributed by atoms with Crippen molar-refractivity contribution in [1.29, 1.82) is 0 Å². The van der Waals surface area contributed by atoms with Gasteiger partial charge in [-0.15, -0.1) is 0 Å². The van der Waals surface area contributed by atoms with E-state index in [1.165, 1.54) is 0 Å². The summed E-state index contributed by atoms with van der Waals surface area (Å²) in [7, 11) is 0. The normalized spacial score (nSPS) is 33.7. The van der Waals surface area contributed by atoms with Gasteiger partial charge in [0.1, 0.15) is 0 Å². The Labute approximate surface area is 67.9 Å². The minimum atomic E-state index is -0.664. The highest BCUT2D eigenvalue weighted by atomic mass is 16.6. The fraction of sp³-hybridized carbons (Fsp3) is 0.778. The second kappa shape index (κ2) is 3.37. The Balaban J connectivity index is 2.50. The molecule has 1 aliphatic rings. The van der Waals surface area contributed by atoms with E-state index in [9.17, 15) is 0 Å². The number of ether oxygens (including phenoxy) is 1. The van der Waals surface area contributed by atoms with Gasteiger partial charge in [-0.1, -0.05) is 12.2 Å². The van der Waals surface area contributed by atoms with Crippen molar-refractivity contribution in [3.63, 3.8) is 0 Å². The van der Waals surface area contributed by atoms with Crippen LogP contribution in [0.2, 0.25) is 0 Å². The summed E-state index contributed by atoms with van der Waals surface area (Å²) in [6.07, 6.45) is 6.80. The van der Waals surface area contributed by atoms with Crippen molar-refractivity contribution in [3.05, 3.63) is 12.2 Å². The first kappa shape index (κ1) is 8.75. The minimum Gasteiger partial charge on any atom is -0.368 e. The van der Waals surface area contributed by atoms with Crippen LogP contribution in [0.5, 0.6) is 0 Å². The number of hydrogen-bond donors (Lipinski definition) is 1. The second-order valence-electron chi connectivity index (χ2n) is 3.32. The molecule has 0 aromatic rings. The number of rotatable bonds is 2. The van der Waals surface area contributed by atoms with Crippen LogP contribution in [0.3, 0.4) is 0 Å². The molecule has 2 nitrogen and oxygen atoms in total. The Morgan fingerprint density at radius 3 is 2.82 bits per heavy atom. The highest BCUT2D eigenvalue weighted by molar-refractivity contribution is 5.03. The standard InChI is InChI=1S/C9H16O2/c1-8(10)11-9(2)6-4-3-5-7-9/h4,6,8,10H,3,5,7H2,1-2H3. The first-order chi connectivity index (χ1) is 5.12. The van der Waals surface area contributed by atoms with Crippen molar-refractivity contribution < 1.29 is 9.84 Å². The molecule has 0 fully saturated rings. The van der Waals surface area contributed by atoms with Crippen LogP contribution in [-0.2, 0) is 4.74 Å². The third-order valence-corrected chi connectivity index (χ3v) is 1.95. The van der Waals surface area contributed by atoms with Gasteiger partial charge >= 0.3 is 0 Å². The molecule has 0 radical (unpaired) electrons. The smallest absolute Gasteiger partial charge is 0.152 e. The molecule has 0 saturated heterocycles. The van der Waals surface area contributed by atoms with Crippen LogP contribution in [0, 0.1) is 0 Å². The Kier molecular flexibility index (Phi) is 2.68. The van der Waals surface area contributed by atoms with Crippen molar-refractivity contribution in [1.82, 2.24) is 0 Å². The van der Waals surface area contributed by atoms with Gasteiger partial charge in [-0.3, -0.25) is 0 Å². The van der Waals surface area contributed by atoms with Crippen LogP contribution in [0.15, 0.2) is 12.2 Å². The Hall–Kier alpha value is -0.340. The maximum atomic E-state index is 9.01. The average Bonchev–Trinajstić information content (AvgIpc) is 1.85. The van der Waals surface area contributed by atoms with Gasteiger partial charge in [-0.05, 0) is 33.1 Å². The van der Waals surface area contributed by atoms with Gasteiger partial charge < -0.3 is 9.84 Å². The molecule has 0 saturated carbocycles. The van der Waals surface area contributed by atoms with Crippen LogP contribution in [-0.4, -0.2) is 17.0 Å². The lowest BCUT2D eigenvalue weighted by Gasteiger charge is -2.30. The van der Waals surface area contributed by atoms with Gasteiger partial charge in [0.2, 0.25) is 0 Å². The molecule has 0 spiro atoms. The SMILES string of the molecule is CC(O)OC1(C)C=CCCC1. The molecule has 2 unspecified atom stereocenters. The van der Waals surface area contributed by atoms with E-state index in [2.05, 4.69) is 6.08 Å². The van der Waals surface area contributed by atoms with Crippen molar-refractivity contribution >= 4 is 0 Å². The summed E-state index contributed by atoms with van der Waals surface area (Å²) in [5.41, 5.74) is -0.230. The van der Waals surface area contributed by atoms with Crippen LogP contribution >= 0.6 is 0 Å². The molecule has 1 N–H and O–H groups in total. The quantitative estimate of drug-likeness (QED) is 0.488. The molecule has 2 atom stereocenters. The highest BCUT2D eigenvalue weighted by Gasteiger charge is 2.24. The lowest BCUT2D eigenvalue weighted by atomic mass is 9.93.